The van der Waals surface area contributed by atoms with Crippen LogP contribution in [0.1, 0.15) is 12.5 Å². The SMILES string of the molecule is C=C1CN(c2cnc3nc(-c4cc5cn(C)nc5c(C)c4O)ccc3c2)CC1C. The van der Waals surface area contributed by atoms with Gasteiger partial charge in [0, 0.05) is 48.2 Å². The normalized spacial score (nSPS) is 17.0. The van der Waals surface area contributed by atoms with Gasteiger partial charge in [0.15, 0.2) is 5.65 Å². The highest BCUT2D eigenvalue weighted by molar-refractivity contribution is 5.91. The topological polar surface area (TPSA) is 67.1 Å². The van der Waals surface area contributed by atoms with Gasteiger partial charge in [-0.15, -0.1) is 0 Å². The van der Waals surface area contributed by atoms with Crippen LogP contribution in [0.3, 0.4) is 0 Å². The van der Waals surface area contributed by atoms with Gasteiger partial charge in [-0.25, -0.2) is 9.97 Å². The number of hydrogen-bond donors (Lipinski definition) is 1. The maximum Gasteiger partial charge on any atom is 0.159 e. The molecule has 5 rings (SSSR count). The van der Waals surface area contributed by atoms with Crippen molar-refractivity contribution in [3.63, 3.8) is 0 Å². The van der Waals surface area contributed by atoms with E-state index in [2.05, 4.69) is 34.6 Å². The zero-order chi connectivity index (χ0) is 20.3. The number of benzene rings is 1. The van der Waals surface area contributed by atoms with E-state index < -0.39 is 0 Å². The van der Waals surface area contributed by atoms with Crippen LogP contribution in [-0.4, -0.2) is 37.9 Å². The Bertz CT molecular complexity index is 1290. The van der Waals surface area contributed by atoms with Gasteiger partial charge in [-0.1, -0.05) is 19.1 Å². The Balaban J connectivity index is 1.57. The van der Waals surface area contributed by atoms with Crippen molar-refractivity contribution < 1.29 is 5.11 Å². The standard InChI is InChI=1S/C23H23N5O/c1-13-10-28(11-14(13)2)18-7-16-5-6-20(25-23(16)24-9-18)19-8-17-12-27(4)26-21(17)15(3)22(19)29/h5-9,12,14,29H,1,10-11H2,2-4H3. The summed E-state index contributed by atoms with van der Waals surface area (Å²) in [4.78, 5) is 11.6. The van der Waals surface area contributed by atoms with Crippen LogP contribution in [0.15, 0.2) is 48.8 Å². The summed E-state index contributed by atoms with van der Waals surface area (Å²) in [6, 6.07) is 8.02. The maximum absolute atomic E-state index is 10.7. The lowest BCUT2D eigenvalue weighted by Gasteiger charge is -2.17. The van der Waals surface area contributed by atoms with Gasteiger partial charge in [0.1, 0.15) is 5.75 Å². The first-order valence-electron chi connectivity index (χ1n) is 9.76. The van der Waals surface area contributed by atoms with E-state index in [-0.39, 0.29) is 5.75 Å². The molecule has 29 heavy (non-hydrogen) atoms. The molecule has 4 heterocycles. The van der Waals surface area contributed by atoms with Crippen molar-refractivity contribution in [1.29, 1.82) is 0 Å². The van der Waals surface area contributed by atoms with E-state index in [1.54, 1.807) is 4.68 Å². The van der Waals surface area contributed by atoms with Gasteiger partial charge >= 0.3 is 0 Å². The number of anilines is 1. The van der Waals surface area contributed by atoms with E-state index in [1.807, 2.05) is 44.6 Å². The van der Waals surface area contributed by atoms with Crippen LogP contribution in [-0.2, 0) is 7.05 Å². The van der Waals surface area contributed by atoms with Crippen molar-refractivity contribution in [3.05, 3.63) is 54.4 Å². The number of phenols is 1. The van der Waals surface area contributed by atoms with E-state index in [1.165, 1.54) is 5.57 Å². The molecule has 1 N–H and O–H groups in total. The van der Waals surface area contributed by atoms with Crippen molar-refractivity contribution >= 4 is 27.6 Å². The van der Waals surface area contributed by atoms with Crippen LogP contribution in [0.5, 0.6) is 5.75 Å². The molecule has 0 radical (unpaired) electrons. The van der Waals surface area contributed by atoms with Crippen molar-refractivity contribution in [2.75, 3.05) is 18.0 Å². The van der Waals surface area contributed by atoms with Gasteiger partial charge in [0.25, 0.3) is 0 Å². The molecule has 0 aliphatic carbocycles. The molecule has 0 amide bonds. The minimum Gasteiger partial charge on any atom is -0.507 e. The van der Waals surface area contributed by atoms with Crippen molar-refractivity contribution in [2.45, 2.75) is 13.8 Å². The van der Waals surface area contributed by atoms with Gasteiger partial charge in [0.2, 0.25) is 0 Å². The van der Waals surface area contributed by atoms with E-state index in [4.69, 9.17) is 4.98 Å². The highest BCUT2D eigenvalue weighted by atomic mass is 16.3. The summed E-state index contributed by atoms with van der Waals surface area (Å²) in [7, 11) is 1.88. The van der Waals surface area contributed by atoms with E-state index in [9.17, 15) is 5.11 Å². The highest BCUT2D eigenvalue weighted by Gasteiger charge is 2.23. The van der Waals surface area contributed by atoms with Gasteiger partial charge < -0.3 is 10.0 Å². The number of aromatic hydroxyl groups is 1. The van der Waals surface area contributed by atoms with E-state index >= 15 is 0 Å². The smallest absolute Gasteiger partial charge is 0.159 e. The average Bonchev–Trinajstić information content (AvgIpc) is 3.25. The summed E-state index contributed by atoms with van der Waals surface area (Å²) < 4.78 is 1.76. The van der Waals surface area contributed by atoms with E-state index in [0.29, 0.717) is 22.8 Å². The Hall–Kier alpha value is -3.41. The summed E-state index contributed by atoms with van der Waals surface area (Å²) in [5.41, 5.74) is 5.97. The molecule has 6 nitrogen and oxygen atoms in total. The second kappa shape index (κ2) is 6.30. The predicted octanol–water partition coefficient (Wildman–Crippen LogP) is 4.21. The van der Waals surface area contributed by atoms with Gasteiger partial charge in [-0.2, -0.15) is 5.10 Å². The number of pyridine rings is 2. The van der Waals surface area contributed by atoms with Crippen LogP contribution >= 0.6 is 0 Å². The second-order valence-corrected chi connectivity index (χ2v) is 8.01. The summed E-state index contributed by atoms with van der Waals surface area (Å²) in [6.45, 7) is 10.1. The minimum absolute atomic E-state index is 0.212. The molecule has 0 bridgehead atoms. The Morgan fingerprint density at radius 1 is 1.21 bits per heavy atom. The average molecular weight is 385 g/mol. The fraction of sp³-hybridized carbons (Fsp3) is 0.261. The first-order valence-corrected chi connectivity index (χ1v) is 9.76. The number of phenolic OH excluding ortho intramolecular Hbond substituents is 1. The Labute approximate surface area is 169 Å². The second-order valence-electron chi connectivity index (χ2n) is 8.01. The number of nitrogens with zero attached hydrogens (tertiary/aromatic N) is 5. The Morgan fingerprint density at radius 3 is 2.79 bits per heavy atom. The van der Waals surface area contributed by atoms with Crippen LogP contribution in [0.25, 0.3) is 33.2 Å². The van der Waals surface area contributed by atoms with Crippen LogP contribution in [0, 0.1) is 12.8 Å². The molecule has 1 saturated heterocycles. The number of aryl methyl sites for hydroxylation is 2. The summed E-state index contributed by atoms with van der Waals surface area (Å²) >= 11 is 0. The van der Waals surface area contributed by atoms with Crippen LogP contribution in [0.4, 0.5) is 5.69 Å². The fourth-order valence-electron chi connectivity index (χ4n) is 4.08. The molecule has 1 aromatic carbocycles. The lowest BCUT2D eigenvalue weighted by molar-refractivity contribution is 0.474. The highest BCUT2D eigenvalue weighted by Crippen LogP contribution is 2.36. The Morgan fingerprint density at radius 2 is 2.03 bits per heavy atom. The third-order valence-corrected chi connectivity index (χ3v) is 5.88. The number of hydrogen-bond acceptors (Lipinski definition) is 5. The monoisotopic (exact) mass is 385 g/mol. The molecule has 6 heteroatoms. The lowest BCUT2D eigenvalue weighted by atomic mass is 10.0. The van der Waals surface area contributed by atoms with Crippen molar-refractivity contribution in [1.82, 2.24) is 19.7 Å². The van der Waals surface area contributed by atoms with E-state index in [0.717, 1.165) is 40.6 Å². The molecule has 146 valence electrons. The molecule has 4 aromatic rings. The maximum atomic E-state index is 10.7. The number of rotatable bonds is 2. The largest absolute Gasteiger partial charge is 0.507 e. The molecular weight excluding hydrogens is 362 g/mol. The zero-order valence-electron chi connectivity index (χ0n) is 16.8. The summed E-state index contributed by atoms with van der Waals surface area (Å²) in [6.07, 6.45) is 3.82. The molecule has 1 aliphatic rings. The molecule has 1 atom stereocenters. The first-order chi connectivity index (χ1) is 13.9. The fourth-order valence-corrected chi connectivity index (χ4v) is 4.08. The van der Waals surface area contributed by atoms with Gasteiger partial charge in [-0.3, -0.25) is 4.68 Å². The third kappa shape index (κ3) is 2.83. The summed E-state index contributed by atoms with van der Waals surface area (Å²) in [5, 5.41) is 17.1. The van der Waals surface area contributed by atoms with Crippen LogP contribution in [0.2, 0.25) is 0 Å². The molecule has 1 aliphatic heterocycles. The minimum atomic E-state index is 0.212. The third-order valence-electron chi connectivity index (χ3n) is 5.88. The van der Waals surface area contributed by atoms with Gasteiger partial charge in [0.05, 0.1) is 23.1 Å². The predicted molar refractivity (Wildman–Crippen MR) is 116 cm³/mol. The molecule has 0 saturated carbocycles. The number of aromatic nitrogens is 4. The molecular formula is C23H23N5O. The molecule has 3 aromatic heterocycles. The van der Waals surface area contributed by atoms with Crippen LogP contribution < -0.4 is 4.90 Å². The number of fused-ring (bicyclic) bond motifs is 2. The lowest BCUT2D eigenvalue weighted by Crippen LogP contribution is -2.19. The molecule has 0 spiro atoms. The first kappa shape index (κ1) is 17.7. The molecule has 1 fully saturated rings. The Kier molecular flexibility index (Phi) is 3.84. The zero-order valence-corrected chi connectivity index (χ0v) is 16.8. The van der Waals surface area contributed by atoms with Gasteiger partial charge in [-0.05, 0) is 37.1 Å². The quantitative estimate of drug-likeness (QED) is 0.524. The van der Waals surface area contributed by atoms with Crippen molar-refractivity contribution in [2.24, 2.45) is 13.0 Å². The van der Waals surface area contributed by atoms with Crippen molar-refractivity contribution in [3.8, 4) is 17.0 Å². The molecule has 1 unspecified atom stereocenters. The summed E-state index contributed by atoms with van der Waals surface area (Å²) in [5.74, 6) is 0.712.